The summed E-state index contributed by atoms with van der Waals surface area (Å²) in [5.74, 6) is -1.73. The summed E-state index contributed by atoms with van der Waals surface area (Å²) in [6.07, 6.45) is -4.75. The number of alkyl halides is 5. The Labute approximate surface area is 115 Å². The number of benzene rings is 2. The predicted octanol–water partition coefficient (Wildman–Crippen LogP) is 5.11. The van der Waals surface area contributed by atoms with Gasteiger partial charge in [-0.15, -0.1) is 0 Å². The van der Waals surface area contributed by atoms with Gasteiger partial charge in [-0.1, -0.05) is 24.3 Å². The summed E-state index contributed by atoms with van der Waals surface area (Å²) in [5.41, 5.74) is -2.33. The summed E-state index contributed by atoms with van der Waals surface area (Å²) in [7, 11) is 0. The van der Waals surface area contributed by atoms with Gasteiger partial charge in [0, 0.05) is 5.56 Å². The molecule has 0 amide bonds. The maximum absolute atomic E-state index is 13.9. The van der Waals surface area contributed by atoms with E-state index in [0.29, 0.717) is 0 Å². The minimum Gasteiger partial charge on any atom is -0.434 e. The third-order valence-electron chi connectivity index (χ3n) is 2.69. The first kappa shape index (κ1) is 15.2. The molecular formula is C14H8F6O. The van der Waals surface area contributed by atoms with Crippen LogP contribution in [-0.4, -0.2) is 6.61 Å². The fourth-order valence-corrected chi connectivity index (χ4v) is 1.91. The molecule has 112 valence electrons. The van der Waals surface area contributed by atoms with Gasteiger partial charge >= 0.3 is 12.8 Å². The van der Waals surface area contributed by atoms with Gasteiger partial charge < -0.3 is 4.74 Å². The van der Waals surface area contributed by atoms with E-state index in [9.17, 15) is 26.3 Å². The molecular weight excluding hydrogens is 298 g/mol. The van der Waals surface area contributed by atoms with E-state index >= 15 is 0 Å². The zero-order chi connectivity index (χ0) is 15.6. The molecule has 0 N–H and O–H groups in total. The van der Waals surface area contributed by atoms with E-state index in [0.717, 1.165) is 36.4 Å². The highest BCUT2D eigenvalue weighted by molar-refractivity contribution is 5.74. The summed E-state index contributed by atoms with van der Waals surface area (Å²) in [5, 5.41) is 0. The lowest BCUT2D eigenvalue weighted by Gasteiger charge is -2.16. The quantitative estimate of drug-likeness (QED) is 0.716. The number of hydrogen-bond acceptors (Lipinski definition) is 1. The maximum Gasteiger partial charge on any atom is 0.417 e. The van der Waals surface area contributed by atoms with Crippen molar-refractivity contribution in [2.24, 2.45) is 0 Å². The van der Waals surface area contributed by atoms with Crippen LogP contribution in [0.15, 0.2) is 42.5 Å². The number of hydrogen-bond donors (Lipinski definition) is 0. The van der Waals surface area contributed by atoms with Crippen LogP contribution in [0.4, 0.5) is 26.3 Å². The van der Waals surface area contributed by atoms with Crippen LogP contribution in [0.25, 0.3) is 11.1 Å². The molecule has 0 aliphatic carbocycles. The van der Waals surface area contributed by atoms with Gasteiger partial charge in [0.2, 0.25) is 0 Å². The molecule has 7 heteroatoms. The van der Waals surface area contributed by atoms with Gasteiger partial charge in [0.25, 0.3) is 0 Å². The first-order valence-electron chi connectivity index (χ1n) is 5.70. The van der Waals surface area contributed by atoms with Crippen LogP contribution in [0.1, 0.15) is 5.56 Å². The van der Waals surface area contributed by atoms with Gasteiger partial charge in [-0.25, -0.2) is 4.39 Å². The molecule has 0 spiro atoms. The number of rotatable bonds is 3. The van der Waals surface area contributed by atoms with Crippen LogP contribution in [0.5, 0.6) is 5.75 Å². The molecule has 2 rings (SSSR count). The van der Waals surface area contributed by atoms with Crippen molar-refractivity contribution >= 4 is 0 Å². The van der Waals surface area contributed by atoms with Crippen molar-refractivity contribution < 1.29 is 31.1 Å². The molecule has 2 aromatic rings. The van der Waals surface area contributed by atoms with Crippen molar-refractivity contribution in [1.29, 1.82) is 0 Å². The molecule has 2 aromatic carbocycles. The molecule has 0 aliphatic heterocycles. The average Bonchev–Trinajstić information content (AvgIpc) is 2.37. The summed E-state index contributed by atoms with van der Waals surface area (Å²) >= 11 is 0. The Bertz CT molecular complexity index is 636. The Balaban J connectivity index is 2.68. The summed E-state index contributed by atoms with van der Waals surface area (Å²) < 4.78 is 81.4. The zero-order valence-corrected chi connectivity index (χ0v) is 10.3. The van der Waals surface area contributed by atoms with Gasteiger partial charge in [0.15, 0.2) is 0 Å². The van der Waals surface area contributed by atoms with Crippen molar-refractivity contribution in [3.8, 4) is 16.9 Å². The largest absolute Gasteiger partial charge is 0.434 e. The Morgan fingerprint density at radius 2 is 1.57 bits per heavy atom. The second-order valence-corrected chi connectivity index (χ2v) is 4.03. The van der Waals surface area contributed by atoms with Gasteiger partial charge in [0.1, 0.15) is 11.6 Å². The van der Waals surface area contributed by atoms with Crippen LogP contribution in [0.3, 0.4) is 0 Å². The minimum atomic E-state index is -4.75. The Kier molecular flexibility index (Phi) is 4.11. The van der Waals surface area contributed by atoms with Crippen LogP contribution in [0, 0.1) is 5.82 Å². The van der Waals surface area contributed by atoms with Gasteiger partial charge in [-0.05, 0) is 18.2 Å². The molecule has 0 heterocycles. The second kappa shape index (κ2) is 5.67. The molecule has 0 radical (unpaired) electrons. The van der Waals surface area contributed by atoms with Crippen molar-refractivity contribution in [2.45, 2.75) is 12.8 Å². The molecule has 0 saturated carbocycles. The first-order chi connectivity index (χ1) is 9.80. The van der Waals surface area contributed by atoms with E-state index in [4.69, 9.17) is 0 Å². The third kappa shape index (κ3) is 3.29. The second-order valence-electron chi connectivity index (χ2n) is 4.03. The van der Waals surface area contributed by atoms with E-state index in [1.807, 2.05) is 0 Å². The van der Waals surface area contributed by atoms with E-state index in [1.54, 1.807) is 0 Å². The lowest BCUT2D eigenvalue weighted by atomic mass is 9.98. The van der Waals surface area contributed by atoms with E-state index in [2.05, 4.69) is 4.74 Å². The third-order valence-corrected chi connectivity index (χ3v) is 2.69. The molecule has 0 saturated heterocycles. The van der Waals surface area contributed by atoms with E-state index < -0.39 is 41.0 Å². The van der Waals surface area contributed by atoms with Gasteiger partial charge in [0.05, 0.1) is 11.1 Å². The Morgan fingerprint density at radius 1 is 0.905 bits per heavy atom. The van der Waals surface area contributed by atoms with Crippen LogP contribution >= 0.6 is 0 Å². The lowest BCUT2D eigenvalue weighted by Crippen LogP contribution is -2.09. The fraction of sp³-hybridized carbons (Fsp3) is 0.143. The Hall–Kier alpha value is -2.18. The molecule has 21 heavy (non-hydrogen) atoms. The van der Waals surface area contributed by atoms with Crippen molar-refractivity contribution in [3.05, 3.63) is 53.8 Å². The Morgan fingerprint density at radius 3 is 2.19 bits per heavy atom. The first-order valence-corrected chi connectivity index (χ1v) is 5.70. The summed E-state index contributed by atoms with van der Waals surface area (Å²) in [6.45, 7) is -3.27. The normalized spacial score (nSPS) is 11.8. The standard InChI is InChI=1S/C14H8F6O/c15-10-6-3-7-11(21-13(16)17)12(10)8-4-1-2-5-9(8)14(18,19)20/h1-7,13H. The van der Waals surface area contributed by atoms with E-state index in [-0.39, 0.29) is 0 Å². The van der Waals surface area contributed by atoms with Crippen molar-refractivity contribution in [2.75, 3.05) is 0 Å². The molecule has 0 aromatic heterocycles. The summed E-state index contributed by atoms with van der Waals surface area (Å²) in [4.78, 5) is 0. The predicted molar refractivity (Wildman–Crippen MR) is 63.5 cm³/mol. The lowest BCUT2D eigenvalue weighted by molar-refractivity contribution is -0.137. The monoisotopic (exact) mass is 306 g/mol. The average molecular weight is 306 g/mol. The van der Waals surface area contributed by atoms with Crippen LogP contribution < -0.4 is 4.74 Å². The highest BCUT2D eigenvalue weighted by Crippen LogP contribution is 2.41. The molecule has 1 nitrogen and oxygen atoms in total. The molecule has 0 atom stereocenters. The molecule has 0 unspecified atom stereocenters. The SMILES string of the molecule is Fc1cccc(OC(F)F)c1-c1ccccc1C(F)(F)F. The maximum atomic E-state index is 13.9. The molecule has 0 aliphatic rings. The highest BCUT2D eigenvalue weighted by atomic mass is 19.4. The van der Waals surface area contributed by atoms with Gasteiger partial charge in [-0.3, -0.25) is 0 Å². The summed E-state index contributed by atoms with van der Waals surface area (Å²) in [6, 6.07) is 7.06. The fourth-order valence-electron chi connectivity index (χ4n) is 1.91. The van der Waals surface area contributed by atoms with Crippen molar-refractivity contribution in [1.82, 2.24) is 0 Å². The highest BCUT2D eigenvalue weighted by Gasteiger charge is 2.34. The number of ether oxygens (including phenoxy) is 1. The van der Waals surface area contributed by atoms with Gasteiger partial charge in [-0.2, -0.15) is 22.0 Å². The zero-order valence-electron chi connectivity index (χ0n) is 10.3. The van der Waals surface area contributed by atoms with Crippen LogP contribution in [-0.2, 0) is 6.18 Å². The van der Waals surface area contributed by atoms with E-state index in [1.165, 1.54) is 6.07 Å². The minimum absolute atomic E-state index is 0.557. The topological polar surface area (TPSA) is 9.23 Å². The molecule has 0 fully saturated rings. The van der Waals surface area contributed by atoms with Crippen molar-refractivity contribution in [3.63, 3.8) is 0 Å². The smallest absolute Gasteiger partial charge is 0.417 e. The number of halogens is 6. The van der Waals surface area contributed by atoms with Crippen LogP contribution in [0.2, 0.25) is 0 Å². The molecule has 0 bridgehead atoms.